The van der Waals surface area contributed by atoms with Crippen LogP contribution in [0.25, 0.3) is 10.2 Å². The van der Waals surface area contributed by atoms with Crippen LogP contribution in [-0.4, -0.2) is 35.4 Å². The Labute approximate surface area is 133 Å². The van der Waals surface area contributed by atoms with E-state index in [1.807, 2.05) is 22.9 Å². The fourth-order valence-electron chi connectivity index (χ4n) is 1.84. The lowest BCUT2D eigenvalue weighted by molar-refractivity contribution is -0.138. The van der Waals surface area contributed by atoms with Crippen LogP contribution in [0.4, 0.5) is 5.95 Å². The lowest BCUT2D eigenvalue weighted by Gasteiger charge is -2.06. The van der Waals surface area contributed by atoms with Crippen LogP contribution in [0.15, 0.2) is 29.0 Å². The topological polar surface area (TPSA) is 81.2 Å². The quantitative estimate of drug-likeness (QED) is 0.571. The van der Waals surface area contributed by atoms with Crippen molar-refractivity contribution in [1.82, 2.24) is 9.97 Å². The average Bonchev–Trinajstić information content (AvgIpc) is 3.21. The highest BCUT2D eigenvalue weighted by Gasteiger charge is 2.18. The van der Waals surface area contributed by atoms with E-state index in [9.17, 15) is 9.59 Å². The first-order chi connectivity index (χ1) is 10.7. The Hall–Kier alpha value is -2.32. The lowest BCUT2D eigenvalue weighted by Crippen LogP contribution is -2.17. The van der Waals surface area contributed by atoms with Crippen LogP contribution in [-0.2, 0) is 9.53 Å². The fraction of sp³-hybridized carbons (Fsp3) is 0.143. The summed E-state index contributed by atoms with van der Waals surface area (Å²) in [5.41, 5.74) is 1.02. The molecule has 22 heavy (non-hydrogen) atoms. The van der Waals surface area contributed by atoms with Gasteiger partial charge in [0.1, 0.15) is 12.2 Å². The van der Waals surface area contributed by atoms with Gasteiger partial charge in [-0.05, 0) is 22.9 Å². The van der Waals surface area contributed by atoms with Gasteiger partial charge in [-0.1, -0.05) is 6.07 Å². The molecule has 1 N–H and O–H groups in total. The molecule has 0 radical (unpaired) electrons. The van der Waals surface area contributed by atoms with Crippen molar-refractivity contribution < 1.29 is 14.3 Å². The van der Waals surface area contributed by atoms with Gasteiger partial charge in [0, 0.05) is 0 Å². The summed E-state index contributed by atoms with van der Waals surface area (Å²) in [6.45, 7) is -0.0568. The van der Waals surface area contributed by atoms with Crippen molar-refractivity contribution in [3.8, 4) is 0 Å². The Morgan fingerprint density at radius 1 is 1.23 bits per heavy atom. The smallest absolute Gasteiger partial charge is 0.325 e. The van der Waals surface area contributed by atoms with Crippen LogP contribution >= 0.6 is 22.7 Å². The number of anilines is 1. The van der Waals surface area contributed by atoms with Gasteiger partial charge < -0.3 is 10.1 Å². The molecule has 0 aliphatic heterocycles. The number of ketones is 1. The van der Waals surface area contributed by atoms with E-state index in [-0.39, 0.29) is 18.3 Å². The largest absolute Gasteiger partial charge is 0.468 e. The number of aromatic nitrogens is 2. The second kappa shape index (κ2) is 6.20. The Kier molecular flexibility index (Phi) is 4.12. The third-order valence-electron chi connectivity index (χ3n) is 2.88. The van der Waals surface area contributed by atoms with Crippen molar-refractivity contribution in [2.24, 2.45) is 0 Å². The molecule has 112 valence electrons. The number of thiophene rings is 2. The van der Waals surface area contributed by atoms with Crippen molar-refractivity contribution in [2.75, 3.05) is 19.0 Å². The van der Waals surface area contributed by atoms with Crippen molar-refractivity contribution in [3.05, 3.63) is 39.5 Å². The van der Waals surface area contributed by atoms with E-state index in [2.05, 4.69) is 20.0 Å². The molecule has 0 atom stereocenters. The summed E-state index contributed by atoms with van der Waals surface area (Å²) in [6.07, 6.45) is 0. The van der Waals surface area contributed by atoms with Crippen LogP contribution in [0, 0.1) is 0 Å². The number of nitrogens with zero attached hydrogens (tertiary/aromatic N) is 2. The van der Waals surface area contributed by atoms with Crippen molar-refractivity contribution >= 4 is 50.6 Å². The number of carbonyl (C=O) groups is 2. The van der Waals surface area contributed by atoms with E-state index in [1.165, 1.54) is 29.8 Å². The van der Waals surface area contributed by atoms with Crippen LogP contribution in [0.5, 0.6) is 0 Å². The number of methoxy groups -OCH3 is 1. The number of nitrogens with one attached hydrogen (secondary N) is 1. The second-order valence-corrected chi connectivity index (χ2v) is 6.13. The van der Waals surface area contributed by atoms with E-state index >= 15 is 0 Å². The van der Waals surface area contributed by atoms with E-state index in [0.29, 0.717) is 16.1 Å². The summed E-state index contributed by atoms with van der Waals surface area (Å²) >= 11 is 2.78. The number of hydrogen-bond donors (Lipinski definition) is 1. The van der Waals surface area contributed by atoms with Crippen LogP contribution in [0.2, 0.25) is 0 Å². The molecule has 0 unspecified atom stereocenters. The highest BCUT2D eigenvalue weighted by atomic mass is 32.1. The Balaban J connectivity index is 1.99. The van der Waals surface area contributed by atoms with Crippen LogP contribution < -0.4 is 5.32 Å². The molecule has 3 heterocycles. The molecule has 0 amide bonds. The van der Waals surface area contributed by atoms with Gasteiger partial charge >= 0.3 is 5.97 Å². The minimum absolute atomic E-state index is 0.0568. The summed E-state index contributed by atoms with van der Waals surface area (Å²) < 4.78 is 5.30. The van der Waals surface area contributed by atoms with Crippen molar-refractivity contribution in [2.45, 2.75) is 0 Å². The molecule has 0 aliphatic rings. The molecule has 0 bridgehead atoms. The van der Waals surface area contributed by atoms with E-state index in [0.717, 1.165) is 4.70 Å². The van der Waals surface area contributed by atoms with Gasteiger partial charge in [-0.15, -0.1) is 22.7 Å². The molecule has 0 aliphatic carbocycles. The predicted octanol–water partition coefficient (Wildman–Crippen LogP) is 2.57. The standard InChI is InChI=1S/C14H11N3O3S2/c1-20-10(18)7-15-14-16-8-4-6-22-13(8)11(17-14)12(19)9-3-2-5-21-9/h2-6H,7H2,1H3,(H,15,16,17). The Morgan fingerprint density at radius 2 is 2.09 bits per heavy atom. The first kappa shape index (κ1) is 14.6. The third kappa shape index (κ3) is 2.83. The zero-order valence-corrected chi connectivity index (χ0v) is 13.2. The molecular formula is C14H11N3O3S2. The molecule has 0 spiro atoms. The molecule has 0 aromatic carbocycles. The maximum absolute atomic E-state index is 12.6. The average molecular weight is 333 g/mol. The number of esters is 1. The first-order valence-corrected chi connectivity index (χ1v) is 8.09. The summed E-state index contributed by atoms with van der Waals surface area (Å²) in [5, 5.41) is 6.48. The highest BCUT2D eigenvalue weighted by molar-refractivity contribution is 7.17. The SMILES string of the molecule is COC(=O)CNc1nc(C(=O)c2cccs2)c2sccc2n1. The molecule has 0 fully saturated rings. The number of hydrogen-bond acceptors (Lipinski definition) is 8. The maximum atomic E-state index is 12.6. The van der Waals surface area contributed by atoms with E-state index in [1.54, 1.807) is 6.07 Å². The second-order valence-electron chi connectivity index (χ2n) is 4.27. The normalized spacial score (nSPS) is 10.6. The van der Waals surface area contributed by atoms with E-state index in [4.69, 9.17) is 0 Å². The summed E-state index contributed by atoms with van der Waals surface area (Å²) in [5.74, 6) is -0.345. The number of ether oxygens (including phenoxy) is 1. The van der Waals surface area contributed by atoms with Crippen LogP contribution in [0.1, 0.15) is 15.4 Å². The molecule has 8 heteroatoms. The van der Waals surface area contributed by atoms with Gasteiger partial charge in [-0.2, -0.15) is 0 Å². The van der Waals surface area contributed by atoms with Gasteiger partial charge in [0.05, 0.1) is 22.2 Å². The summed E-state index contributed by atoms with van der Waals surface area (Å²) in [7, 11) is 1.30. The maximum Gasteiger partial charge on any atom is 0.325 e. The zero-order chi connectivity index (χ0) is 15.5. The molecule has 3 rings (SSSR count). The zero-order valence-electron chi connectivity index (χ0n) is 11.5. The third-order valence-corrected chi connectivity index (χ3v) is 4.66. The molecular weight excluding hydrogens is 322 g/mol. The Morgan fingerprint density at radius 3 is 2.82 bits per heavy atom. The highest BCUT2D eigenvalue weighted by Crippen LogP contribution is 2.26. The van der Waals surface area contributed by atoms with E-state index < -0.39 is 5.97 Å². The molecule has 3 aromatic rings. The first-order valence-electron chi connectivity index (χ1n) is 6.33. The number of carbonyl (C=O) groups excluding carboxylic acids is 2. The van der Waals surface area contributed by atoms with Gasteiger partial charge in [0.15, 0.2) is 0 Å². The lowest BCUT2D eigenvalue weighted by atomic mass is 10.2. The number of rotatable bonds is 5. The molecule has 0 saturated carbocycles. The molecule has 6 nitrogen and oxygen atoms in total. The van der Waals surface area contributed by atoms with Crippen molar-refractivity contribution in [3.63, 3.8) is 0 Å². The molecule has 0 saturated heterocycles. The van der Waals surface area contributed by atoms with Gasteiger partial charge in [-0.25, -0.2) is 9.97 Å². The van der Waals surface area contributed by atoms with Crippen LogP contribution in [0.3, 0.4) is 0 Å². The van der Waals surface area contributed by atoms with Gasteiger partial charge in [0.25, 0.3) is 0 Å². The van der Waals surface area contributed by atoms with Gasteiger partial charge in [-0.3, -0.25) is 9.59 Å². The molecule has 3 aromatic heterocycles. The predicted molar refractivity (Wildman–Crippen MR) is 85.7 cm³/mol. The summed E-state index contributed by atoms with van der Waals surface area (Å²) in [4.78, 5) is 33.0. The van der Waals surface area contributed by atoms with Gasteiger partial charge in [0.2, 0.25) is 11.7 Å². The number of fused-ring (bicyclic) bond motifs is 1. The van der Waals surface area contributed by atoms with Crippen molar-refractivity contribution in [1.29, 1.82) is 0 Å². The minimum atomic E-state index is -0.430. The minimum Gasteiger partial charge on any atom is -0.468 e. The fourth-order valence-corrected chi connectivity index (χ4v) is 3.33. The Bertz CT molecular complexity index is 827. The monoisotopic (exact) mass is 333 g/mol. The summed E-state index contributed by atoms with van der Waals surface area (Å²) in [6, 6.07) is 5.40.